The van der Waals surface area contributed by atoms with Gasteiger partial charge in [0.25, 0.3) is 0 Å². The molecule has 1 aliphatic rings. The molecular weight excluding hydrogens is 296 g/mol. The van der Waals surface area contributed by atoms with Crippen molar-refractivity contribution in [1.82, 2.24) is 10.2 Å². The predicted molar refractivity (Wildman–Crippen MR) is 97.5 cm³/mol. The quantitative estimate of drug-likeness (QED) is 0.934. The van der Waals surface area contributed by atoms with E-state index in [1.54, 1.807) is 6.92 Å². The molecule has 0 unspecified atom stereocenters. The first-order valence-electron chi connectivity index (χ1n) is 8.64. The standard InChI is InChI=1S/C21H26N2O/c1-16-20(18-10-6-4-7-11-18)23(3)15-14-21(16,22-17(2)24)19-12-8-5-9-13-19/h4-13,16,20H,14-15H2,1-3H3,(H,22,24)/t16-,20+,21+/m0/s1. The number of carbonyl (C=O) groups excluding carboxylic acids is 1. The number of hydrogen-bond donors (Lipinski definition) is 1. The lowest BCUT2D eigenvalue weighted by molar-refractivity contribution is -0.123. The SMILES string of the molecule is CC(=O)N[C@]1(c2ccccc2)CCN(C)[C@@H](c2ccccc2)[C@@H]1C. The summed E-state index contributed by atoms with van der Waals surface area (Å²) in [6.07, 6.45) is 0.914. The number of benzene rings is 2. The van der Waals surface area contributed by atoms with Gasteiger partial charge < -0.3 is 5.32 Å². The highest BCUT2D eigenvalue weighted by atomic mass is 16.1. The summed E-state index contributed by atoms with van der Waals surface area (Å²) in [4.78, 5) is 14.4. The molecule has 1 aliphatic heterocycles. The molecule has 3 rings (SSSR count). The molecule has 0 saturated carbocycles. The molecule has 1 amide bonds. The second-order valence-corrected chi connectivity index (χ2v) is 6.89. The molecule has 24 heavy (non-hydrogen) atoms. The summed E-state index contributed by atoms with van der Waals surface area (Å²) in [5.41, 5.74) is 2.17. The average molecular weight is 322 g/mol. The van der Waals surface area contributed by atoms with Gasteiger partial charge in [-0.25, -0.2) is 0 Å². The van der Waals surface area contributed by atoms with Gasteiger partial charge in [-0.15, -0.1) is 0 Å². The summed E-state index contributed by atoms with van der Waals surface area (Å²) < 4.78 is 0. The molecule has 3 heteroatoms. The fourth-order valence-corrected chi connectivity index (χ4v) is 4.27. The minimum Gasteiger partial charge on any atom is -0.346 e. The second kappa shape index (κ2) is 6.78. The van der Waals surface area contributed by atoms with Crippen LogP contribution in [0.2, 0.25) is 0 Å². The van der Waals surface area contributed by atoms with Crippen LogP contribution in [0.5, 0.6) is 0 Å². The number of amides is 1. The van der Waals surface area contributed by atoms with E-state index in [1.807, 2.05) is 6.07 Å². The van der Waals surface area contributed by atoms with Crippen LogP contribution in [0.15, 0.2) is 60.7 Å². The van der Waals surface area contributed by atoms with Gasteiger partial charge in [-0.1, -0.05) is 67.6 Å². The Bertz CT molecular complexity index is 685. The summed E-state index contributed by atoms with van der Waals surface area (Å²) in [5.74, 6) is 0.284. The highest BCUT2D eigenvalue weighted by Gasteiger charge is 2.47. The third-order valence-electron chi connectivity index (χ3n) is 5.41. The minimum absolute atomic E-state index is 0.0297. The van der Waals surface area contributed by atoms with Crippen LogP contribution in [0, 0.1) is 5.92 Å². The van der Waals surface area contributed by atoms with Crippen LogP contribution in [0.4, 0.5) is 0 Å². The molecule has 0 radical (unpaired) electrons. The maximum atomic E-state index is 12.0. The van der Waals surface area contributed by atoms with Crippen molar-refractivity contribution in [1.29, 1.82) is 0 Å². The fraction of sp³-hybridized carbons (Fsp3) is 0.381. The van der Waals surface area contributed by atoms with Gasteiger partial charge in [-0.3, -0.25) is 9.69 Å². The van der Waals surface area contributed by atoms with E-state index < -0.39 is 0 Å². The smallest absolute Gasteiger partial charge is 0.217 e. The van der Waals surface area contributed by atoms with Crippen LogP contribution in [-0.4, -0.2) is 24.4 Å². The lowest BCUT2D eigenvalue weighted by Crippen LogP contribution is -2.58. The van der Waals surface area contributed by atoms with E-state index in [0.717, 1.165) is 13.0 Å². The van der Waals surface area contributed by atoms with Gasteiger partial charge in [-0.05, 0) is 24.6 Å². The monoisotopic (exact) mass is 322 g/mol. The Kier molecular flexibility index (Phi) is 4.72. The fourth-order valence-electron chi connectivity index (χ4n) is 4.27. The maximum absolute atomic E-state index is 12.0. The summed E-state index contributed by atoms with van der Waals surface area (Å²) in [6, 6.07) is 21.3. The van der Waals surface area contributed by atoms with E-state index in [9.17, 15) is 4.79 Å². The molecule has 0 aliphatic carbocycles. The van der Waals surface area contributed by atoms with E-state index in [4.69, 9.17) is 0 Å². The highest BCUT2D eigenvalue weighted by Crippen LogP contribution is 2.46. The molecule has 0 aromatic heterocycles. The lowest BCUT2D eigenvalue weighted by Gasteiger charge is -2.51. The summed E-state index contributed by atoms with van der Waals surface area (Å²) >= 11 is 0. The summed E-state index contributed by atoms with van der Waals surface area (Å²) in [5, 5.41) is 3.32. The van der Waals surface area contributed by atoms with Crippen molar-refractivity contribution in [3.8, 4) is 0 Å². The van der Waals surface area contributed by atoms with E-state index in [-0.39, 0.29) is 23.4 Å². The number of carbonyl (C=O) groups is 1. The van der Waals surface area contributed by atoms with Gasteiger partial charge in [0.1, 0.15) is 0 Å². The van der Waals surface area contributed by atoms with Crippen molar-refractivity contribution < 1.29 is 4.79 Å². The first kappa shape index (κ1) is 16.7. The maximum Gasteiger partial charge on any atom is 0.217 e. The van der Waals surface area contributed by atoms with E-state index in [2.05, 4.69) is 78.8 Å². The predicted octanol–water partition coefficient (Wildman–Crippen LogP) is 3.73. The third kappa shape index (κ3) is 2.96. The van der Waals surface area contributed by atoms with Crippen LogP contribution < -0.4 is 5.32 Å². The van der Waals surface area contributed by atoms with E-state index in [0.29, 0.717) is 0 Å². The van der Waals surface area contributed by atoms with Crippen LogP contribution in [0.3, 0.4) is 0 Å². The minimum atomic E-state index is -0.333. The van der Waals surface area contributed by atoms with Crippen LogP contribution in [0.25, 0.3) is 0 Å². The summed E-state index contributed by atoms with van der Waals surface area (Å²) in [7, 11) is 2.18. The molecule has 2 aromatic rings. The molecular formula is C21H26N2O. The van der Waals surface area contributed by atoms with E-state index in [1.165, 1.54) is 11.1 Å². The number of rotatable bonds is 3. The van der Waals surface area contributed by atoms with Gasteiger partial charge >= 0.3 is 0 Å². The van der Waals surface area contributed by atoms with E-state index >= 15 is 0 Å². The number of likely N-dealkylation sites (tertiary alicyclic amines) is 1. The van der Waals surface area contributed by atoms with Gasteiger partial charge in [0.2, 0.25) is 5.91 Å². The molecule has 0 spiro atoms. The molecule has 126 valence electrons. The zero-order valence-corrected chi connectivity index (χ0v) is 14.7. The Morgan fingerprint density at radius 2 is 1.67 bits per heavy atom. The van der Waals surface area contributed by atoms with Gasteiger partial charge in [0, 0.05) is 25.4 Å². The number of hydrogen-bond acceptors (Lipinski definition) is 2. The highest BCUT2D eigenvalue weighted by molar-refractivity contribution is 5.74. The van der Waals surface area contributed by atoms with Crippen LogP contribution in [-0.2, 0) is 10.3 Å². The first-order chi connectivity index (χ1) is 11.5. The molecule has 1 fully saturated rings. The normalized spacial score (nSPS) is 27.6. The zero-order chi connectivity index (χ0) is 17.2. The molecule has 3 atom stereocenters. The average Bonchev–Trinajstić information content (AvgIpc) is 2.59. The molecule has 0 bridgehead atoms. The van der Waals surface area contributed by atoms with Gasteiger partial charge in [-0.2, -0.15) is 0 Å². The second-order valence-electron chi connectivity index (χ2n) is 6.89. The number of piperidine rings is 1. The largest absolute Gasteiger partial charge is 0.346 e. The number of nitrogens with zero attached hydrogens (tertiary/aromatic N) is 1. The first-order valence-corrected chi connectivity index (χ1v) is 8.64. The Labute approximate surface area is 144 Å². The van der Waals surface area contributed by atoms with Crippen molar-refractivity contribution in [2.45, 2.75) is 31.8 Å². The Morgan fingerprint density at radius 1 is 1.08 bits per heavy atom. The topological polar surface area (TPSA) is 32.3 Å². The van der Waals surface area contributed by atoms with Crippen LogP contribution in [0.1, 0.15) is 37.4 Å². The van der Waals surface area contributed by atoms with Gasteiger partial charge in [0.05, 0.1) is 5.54 Å². The van der Waals surface area contributed by atoms with Crippen molar-refractivity contribution in [3.63, 3.8) is 0 Å². The Hall–Kier alpha value is -2.13. The molecule has 1 heterocycles. The van der Waals surface area contributed by atoms with Crippen LogP contribution >= 0.6 is 0 Å². The molecule has 3 nitrogen and oxygen atoms in total. The number of nitrogens with one attached hydrogen (secondary N) is 1. The Balaban J connectivity index is 2.07. The van der Waals surface area contributed by atoms with Crippen molar-refractivity contribution >= 4 is 5.91 Å². The van der Waals surface area contributed by atoms with Crippen molar-refractivity contribution in [3.05, 3.63) is 71.8 Å². The molecule has 2 aromatic carbocycles. The Morgan fingerprint density at radius 3 is 2.25 bits per heavy atom. The van der Waals surface area contributed by atoms with Crippen molar-refractivity contribution in [2.24, 2.45) is 5.92 Å². The zero-order valence-electron chi connectivity index (χ0n) is 14.7. The lowest BCUT2D eigenvalue weighted by atomic mass is 9.68. The molecule has 1 saturated heterocycles. The molecule has 1 N–H and O–H groups in total. The third-order valence-corrected chi connectivity index (χ3v) is 5.41. The summed E-state index contributed by atoms with van der Waals surface area (Å²) in [6.45, 7) is 4.82. The van der Waals surface area contributed by atoms with Gasteiger partial charge in [0.15, 0.2) is 0 Å². The van der Waals surface area contributed by atoms with Crippen molar-refractivity contribution in [2.75, 3.05) is 13.6 Å².